The van der Waals surface area contributed by atoms with E-state index >= 15 is 0 Å². The quantitative estimate of drug-likeness (QED) is 0.879. The van der Waals surface area contributed by atoms with Crippen molar-refractivity contribution in [3.05, 3.63) is 45.8 Å². The van der Waals surface area contributed by atoms with Gasteiger partial charge < -0.3 is 9.73 Å². The lowest BCUT2D eigenvalue weighted by atomic mass is 9.93. The van der Waals surface area contributed by atoms with E-state index in [0.717, 1.165) is 55.3 Å². The summed E-state index contributed by atoms with van der Waals surface area (Å²) in [5, 5.41) is 3.94. The van der Waals surface area contributed by atoms with Crippen molar-refractivity contribution >= 4 is 16.9 Å². The number of carbonyl (C=O) groups is 1. The summed E-state index contributed by atoms with van der Waals surface area (Å²) < 4.78 is 5.39. The average Bonchev–Trinajstić information content (AvgIpc) is 3.14. The number of fused-ring (bicyclic) bond motifs is 1. The number of amides is 1. The highest BCUT2D eigenvalue weighted by molar-refractivity contribution is 5.89. The van der Waals surface area contributed by atoms with Gasteiger partial charge in [-0.3, -0.25) is 9.69 Å². The molecule has 2 aliphatic heterocycles. The Morgan fingerprint density at radius 3 is 2.88 bits per heavy atom. The molecule has 2 saturated heterocycles. The van der Waals surface area contributed by atoms with Crippen LogP contribution in [-0.4, -0.2) is 29.4 Å². The molecule has 4 rings (SSSR count). The Bertz CT molecular complexity index is 853. The Balaban J connectivity index is 1.74. The van der Waals surface area contributed by atoms with Gasteiger partial charge >= 0.3 is 5.63 Å². The monoisotopic (exact) mass is 326 g/mol. The first-order valence-corrected chi connectivity index (χ1v) is 8.71. The molecule has 0 bridgehead atoms. The van der Waals surface area contributed by atoms with Gasteiger partial charge in [0.15, 0.2) is 0 Å². The number of carbonyl (C=O) groups excluding carboxylic acids is 1. The molecule has 2 aliphatic rings. The topological polar surface area (TPSA) is 62.6 Å². The summed E-state index contributed by atoms with van der Waals surface area (Å²) in [5.41, 5.74) is 2.03. The van der Waals surface area contributed by atoms with E-state index in [0.29, 0.717) is 12.1 Å². The summed E-state index contributed by atoms with van der Waals surface area (Å²) in [6.07, 6.45) is 3.68. The van der Waals surface area contributed by atoms with Gasteiger partial charge in [0.05, 0.1) is 0 Å². The molecule has 5 nitrogen and oxygen atoms in total. The van der Waals surface area contributed by atoms with Gasteiger partial charge in [0, 0.05) is 24.5 Å². The molecule has 1 amide bonds. The van der Waals surface area contributed by atoms with E-state index in [4.69, 9.17) is 4.42 Å². The van der Waals surface area contributed by atoms with Gasteiger partial charge in [0.2, 0.25) is 5.91 Å². The predicted molar refractivity (Wildman–Crippen MR) is 91.9 cm³/mol. The molecular formula is C19H22N2O3. The lowest BCUT2D eigenvalue weighted by Crippen LogP contribution is -2.49. The maximum Gasteiger partial charge on any atom is 0.336 e. The number of rotatable bonds is 3. The molecule has 2 fully saturated rings. The summed E-state index contributed by atoms with van der Waals surface area (Å²) in [6, 6.07) is 7.63. The third-order valence-electron chi connectivity index (χ3n) is 5.53. The average molecular weight is 326 g/mol. The second-order valence-corrected chi connectivity index (χ2v) is 6.84. The molecule has 1 aromatic heterocycles. The highest BCUT2D eigenvalue weighted by Crippen LogP contribution is 2.37. The Hall–Kier alpha value is -2.14. The van der Waals surface area contributed by atoms with Gasteiger partial charge in [0.1, 0.15) is 11.1 Å². The van der Waals surface area contributed by atoms with Gasteiger partial charge in [-0.1, -0.05) is 19.1 Å². The molecular weight excluding hydrogens is 304 g/mol. The van der Waals surface area contributed by atoms with Gasteiger partial charge in [-0.2, -0.15) is 0 Å². The van der Waals surface area contributed by atoms with Gasteiger partial charge in [-0.15, -0.1) is 0 Å². The molecule has 1 atom stereocenters. The Labute approximate surface area is 140 Å². The van der Waals surface area contributed by atoms with Gasteiger partial charge in [-0.25, -0.2) is 4.79 Å². The largest absolute Gasteiger partial charge is 0.423 e. The highest BCUT2D eigenvalue weighted by atomic mass is 16.4. The Morgan fingerprint density at radius 1 is 1.25 bits per heavy atom. The molecule has 1 aromatic carbocycles. The fraction of sp³-hybridized carbons (Fsp3) is 0.474. The zero-order chi connectivity index (χ0) is 16.7. The van der Waals surface area contributed by atoms with Crippen molar-refractivity contribution in [2.75, 3.05) is 13.1 Å². The fourth-order valence-electron chi connectivity index (χ4n) is 4.20. The molecule has 3 heterocycles. The molecule has 2 aromatic rings. The van der Waals surface area contributed by atoms with E-state index in [9.17, 15) is 9.59 Å². The number of benzene rings is 1. The second kappa shape index (κ2) is 5.74. The molecule has 0 saturated carbocycles. The minimum atomic E-state index is -0.383. The van der Waals surface area contributed by atoms with Crippen LogP contribution in [0.1, 0.15) is 37.3 Å². The minimum Gasteiger partial charge on any atom is -0.423 e. The predicted octanol–water partition coefficient (Wildman–Crippen LogP) is 2.21. The van der Waals surface area contributed by atoms with Crippen molar-refractivity contribution in [2.24, 2.45) is 0 Å². The normalized spacial score (nSPS) is 24.1. The summed E-state index contributed by atoms with van der Waals surface area (Å²) >= 11 is 0. The second-order valence-electron chi connectivity index (χ2n) is 6.84. The lowest BCUT2D eigenvalue weighted by Gasteiger charge is -2.32. The van der Waals surface area contributed by atoms with Crippen LogP contribution < -0.4 is 10.9 Å². The maximum absolute atomic E-state index is 12.4. The van der Waals surface area contributed by atoms with E-state index < -0.39 is 0 Å². The first-order valence-electron chi connectivity index (χ1n) is 8.71. The zero-order valence-corrected chi connectivity index (χ0v) is 13.9. The Morgan fingerprint density at radius 2 is 2.12 bits per heavy atom. The van der Waals surface area contributed by atoms with E-state index in [1.807, 2.05) is 12.1 Å². The standard InChI is InChI=1S/C19H22N2O3/c1-2-13-4-5-15-14(11-17(22)24-16(15)10-13)12-21-9-3-6-19(21)7-8-20-18(19)23/h4-5,10-11H,2-3,6-9,12H2,1H3,(H,20,23). The number of nitrogens with one attached hydrogen (secondary N) is 1. The molecule has 5 heteroatoms. The smallest absolute Gasteiger partial charge is 0.336 e. The highest BCUT2D eigenvalue weighted by Gasteiger charge is 2.49. The van der Waals surface area contributed by atoms with Crippen molar-refractivity contribution in [1.82, 2.24) is 10.2 Å². The van der Waals surface area contributed by atoms with Crippen molar-refractivity contribution in [3.63, 3.8) is 0 Å². The number of hydrogen-bond donors (Lipinski definition) is 1. The first-order chi connectivity index (χ1) is 11.6. The molecule has 24 heavy (non-hydrogen) atoms. The van der Waals surface area contributed by atoms with E-state index in [2.05, 4.69) is 23.2 Å². The van der Waals surface area contributed by atoms with Crippen molar-refractivity contribution in [3.8, 4) is 0 Å². The molecule has 1 spiro atoms. The molecule has 126 valence electrons. The zero-order valence-electron chi connectivity index (χ0n) is 13.9. The summed E-state index contributed by atoms with van der Waals surface area (Å²) in [5.74, 6) is 0.139. The van der Waals surface area contributed by atoms with E-state index in [-0.39, 0.29) is 17.1 Å². The molecule has 1 unspecified atom stereocenters. The van der Waals surface area contributed by atoms with Crippen LogP contribution in [0.2, 0.25) is 0 Å². The Kier molecular flexibility index (Phi) is 3.68. The van der Waals surface area contributed by atoms with Crippen LogP contribution in [0, 0.1) is 0 Å². The minimum absolute atomic E-state index is 0.139. The van der Waals surface area contributed by atoms with E-state index in [1.54, 1.807) is 6.07 Å². The SMILES string of the molecule is CCc1ccc2c(CN3CCCC34CCNC4=O)cc(=O)oc2c1. The van der Waals surface area contributed by atoms with Gasteiger partial charge in [-0.05, 0) is 49.4 Å². The van der Waals surface area contributed by atoms with Crippen LogP contribution in [0.3, 0.4) is 0 Å². The summed E-state index contributed by atoms with van der Waals surface area (Å²) in [6.45, 7) is 4.33. The summed E-state index contributed by atoms with van der Waals surface area (Å²) in [4.78, 5) is 26.6. The lowest BCUT2D eigenvalue weighted by molar-refractivity contribution is -0.128. The number of likely N-dealkylation sites (tertiary alicyclic amines) is 1. The van der Waals surface area contributed by atoms with Crippen LogP contribution in [0.25, 0.3) is 11.0 Å². The van der Waals surface area contributed by atoms with Crippen molar-refractivity contribution in [2.45, 2.75) is 44.7 Å². The number of nitrogens with zero attached hydrogens (tertiary/aromatic N) is 1. The molecule has 0 radical (unpaired) electrons. The summed E-state index contributed by atoms with van der Waals surface area (Å²) in [7, 11) is 0. The molecule has 1 N–H and O–H groups in total. The van der Waals surface area contributed by atoms with Crippen LogP contribution in [-0.2, 0) is 17.8 Å². The van der Waals surface area contributed by atoms with Crippen LogP contribution in [0.15, 0.2) is 33.5 Å². The third kappa shape index (κ3) is 2.35. The number of aryl methyl sites for hydroxylation is 1. The number of hydrogen-bond acceptors (Lipinski definition) is 4. The third-order valence-corrected chi connectivity index (χ3v) is 5.53. The fourth-order valence-corrected chi connectivity index (χ4v) is 4.20. The van der Waals surface area contributed by atoms with Gasteiger partial charge in [0.25, 0.3) is 0 Å². The van der Waals surface area contributed by atoms with Crippen LogP contribution in [0.5, 0.6) is 0 Å². The van der Waals surface area contributed by atoms with Crippen molar-refractivity contribution in [1.29, 1.82) is 0 Å². The maximum atomic E-state index is 12.4. The first kappa shape index (κ1) is 15.4. The van der Waals surface area contributed by atoms with E-state index in [1.165, 1.54) is 0 Å². The molecule has 0 aliphatic carbocycles. The van der Waals surface area contributed by atoms with Crippen LogP contribution in [0.4, 0.5) is 0 Å². The van der Waals surface area contributed by atoms with Crippen LogP contribution >= 0.6 is 0 Å². The van der Waals surface area contributed by atoms with Crippen molar-refractivity contribution < 1.29 is 9.21 Å².